The van der Waals surface area contributed by atoms with Gasteiger partial charge in [0, 0.05) is 31.1 Å². The number of benzene rings is 1. The molecule has 0 spiro atoms. The summed E-state index contributed by atoms with van der Waals surface area (Å²) in [5.74, 6) is 0.989. The molecule has 3 rings (SSSR count). The molecule has 0 unspecified atom stereocenters. The predicted molar refractivity (Wildman–Crippen MR) is 115 cm³/mol. The second kappa shape index (κ2) is 9.20. The number of hydrogen-bond acceptors (Lipinski definition) is 7. The first-order chi connectivity index (χ1) is 14.2. The molecule has 2 aromatic heterocycles. The largest absolute Gasteiger partial charge is 0.372 e. The van der Waals surface area contributed by atoms with Gasteiger partial charge in [0.1, 0.15) is 17.7 Å². The van der Waals surface area contributed by atoms with Crippen LogP contribution in [0, 0.1) is 0 Å². The average molecular weight is 450 g/mol. The lowest BCUT2D eigenvalue weighted by atomic mass is 10.2. The van der Waals surface area contributed by atoms with Crippen LogP contribution < -0.4 is 0 Å². The van der Waals surface area contributed by atoms with Crippen molar-refractivity contribution in [2.24, 2.45) is 0 Å². The third-order valence-corrected chi connectivity index (χ3v) is 7.02. The van der Waals surface area contributed by atoms with Crippen LogP contribution in [-0.4, -0.2) is 45.5 Å². The maximum Gasteiger partial charge on any atom is 0.164 e. The Morgan fingerprint density at radius 3 is 2.27 bits per heavy atom. The summed E-state index contributed by atoms with van der Waals surface area (Å²) >= 11 is 5.83. The van der Waals surface area contributed by atoms with E-state index in [0.717, 1.165) is 5.56 Å². The van der Waals surface area contributed by atoms with Gasteiger partial charge < -0.3 is 9.30 Å². The van der Waals surface area contributed by atoms with Crippen LogP contribution in [0.15, 0.2) is 42.7 Å². The average Bonchev–Trinajstić information content (AvgIpc) is 3.13. The van der Waals surface area contributed by atoms with Crippen molar-refractivity contribution in [1.82, 2.24) is 24.7 Å². The quantitative estimate of drug-likeness (QED) is 0.517. The zero-order chi connectivity index (χ0) is 21.9. The van der Waals surface area contributed by atoms with Gasteiger partial charge in [-0.05, 0) is 20.8 Å². The number of aromatic nitrogens is 5. The number of halogens is 1. The van der Waals surface area contributed by atoms with Gasteiger partial charge >= 0.3 is 0 Å². The van der Waals surface area contributed by atoms with E-state index >= 15 is 0 Å². The van der Waals surface area contributed by atoms with Gasteiger partial charge in [-0.2, -0.15) is 0 Å². The van der Waals surface area contributed by atoms with Crippen LogP contribution in [-0.2, 0) is 20.3 Å². The molecule has 0 N–H and O–H groups in total. The number of nitrogens with zero attached hydrogens (tertiary/aromatic N) is 5. The van der Waals surface area contributed by atoms with Crippen LogP contribution in [0.3, 0.4) is 0 Å². The van der Waals surface area contributed by atoms with Gasteiger partial charge in [-0.3, -0.25) is 0 Å². The van der Waals surface area contributed by atoms with Crippen molar-refractivity contribution >= 4 is 21.4 Å². The fraction of sp³-hybridized carbons (Fsp3) is 0.400. The number of methoxy groups -OCH3 is 1. The van der Waals surface area contributed by atoms with Gasteiger partial charge in [0.25, 0.3) is 0 Å². The van der Waals surface area contributed by atoms with Crippen molar-refractivity contribution in [3.63, 3.8) is 0 Å². The summed E-state index contributed by atoms with van der Waals surface area (Å²) in [4.78, 5) is 8.23. The summed E-state index contributed by atoms with van der Waals surface area (Å²) < 4.78 is 33.7. The third-order valence-electron chi connectivity index (χ3n) is 4.79. The predicted octanol–water partition coefficient (Wildman–Crippen LogP) is 3.66. The minimum absolute atomic E-state index is 0.0199. The van der Waals surface area contributed by atoms with Gasteiger partial charge in [0.2, 0.25) is 0 Å². The second-order valence-corrected chi connectivity index (χ2v) is 9.99. The summed E-state index contributed by atoms with van der Waals surface area (Å²) in [6.45, 7) is 5.51. The van der Waals surface area contributed by atoms with Crippen molar-refractivity contribution in [3.8, 4) is 11.4 Å². The second-order valence-electron chi connectivity index (χ2n) is 7.20. The smallest absolute Gasteiger partial charge is 0.164 e. The first kappa shape index (κ1) is 22.3. The van der Waals surface area contributed by atoms with Crippen molar-refractivity contribution in [2.75, 3.05) is 7.11 Å². The molecule has 0 bridgehead atoms. The Bertz CT molecular complexity index is 1090. The fourth-order valence-electron chi connectivity index (χ4n) is 3.22. The highest BCUT2D eigenvalue weighted by Crippen LogP contribution is 2.28. The molecule has 0 amide bonds. The minimum Gasteiger partial charge on any atom is -0.372 e. The lowest BCUT2D eigenvalue weighted by molar-refractivity contribution is 0.0948. The van der Waals surface area contributed by atoms with E-state index in [1.54, 1.807) is 6.92 Å². The first-order valence-corrected chi connectivity index (χ1v) is 11.5. The lowest BCUT2D eigenvalue weighted by Crippen LogP contribution is -2.30. The molecular formula is C20H24ClN5O3S. The Hall–Kier alpha value is -2.36. The Morgan fingerprint density at radius 2 is 1.70 bits per heavy atom. The molecule has 0 saturated heterocycles. The normalized spacial score (nSPS) is 14.1. The van der Waals surface area contributed by atoms with E-state index in [9.17, 15) is 8.42 Å². The van der Waals surface area contributed by atoms with Gasteiger partial charge in [0.05, 0.1) is 10.3 Å². The SMILES string of the molecule is CO[C@H](c1ncc(Cl)cn1)[C@H](C)S(=O)(=O)Cc1nnc(-c2ccccc2)n1C(C)C. The Labute approximate surface area is 181 Å². The fourth-order valence-corrected chi connectivity index (χ4v) is 4.75. The summed E-state index contributed by atoms with van der Waals surface area (Å²) in [6.07, 6.45) is 1.99. The highest BCUT2D eigenvalue weighted by Gasteiger charge is 2.34. The van der Waals surface area contributed by atoms with Crippen molar-refractivity contribution in [2.45, 2.75) is 43.9 Å². The first-order valence-electron chi connectivity index (χ1n) is 9.45. The number of sulfone groups is 1. The molecule has 3 aromatic rings. The standard InChI is InChI=1S/C20H24ClN5O3S/c1-13(2)26-17(24-25-20(26)15-8-6-5-7-9-15)12-30(27,28)14(3)18(29-4)19-22-10-16(21)11-23-19/h5-11,13-14,18H,12H2,1-4H3/t14-,18-/m0/s1. The molecular weight excluding hydrogens is 426 g/mol. The summed E-state index contributed by atoms with van der Waals surface area (Å²) in [5, 5.41) is 7.92. The molecule has 0 aliphatic carbocycles. The molecule has 0 aliphatic heterocycles. The van der Waals surface area contributed by atoms with E-state index in [2.05, 4.69) is 20.2 Å². The van der Waals surface area contributed by atoms with Gasteiger partial charge in [-0.1, -0.05) is 41.9 Å². The Morgan fingerprint density at radius 1 is 1.07 bits per heavy atom. The van der Waals surface area contributed by atoms with Gasteiger partial charge in [0.15, 0.2) is 21.5 Å². The minimum atomic E-state index is -3.67. The number of rotatable bonds is 8. The van der Waals surface area contributed by atoms with Crippen LogP contribution in [0.4, 0.5) is 0 Å². The van der Waals surface area contributed by atoms with Crippen molar-refractivity contribution < 1.29 is 13.2 Å². The van der Waals surface area contributed by atoms with E-state index < -0.39 is 21.2 Å². The van der Waals surface area contributed by atoms with Crippen LogP contribution in [0.2, 0.25) is 5.02 Å². The van der Waals surface area contributed by atoms with Gasteiger partial charge in [-0.25, -0.2) is 18.4 Å². The number of hydrogen-bond donors (Lipinski definition) is 0. The van der Waals surface area contributed by atoms with Crippen LogP contribution >= 0.6 is 11.6 Å². The molecule has 0 saturated carbocycles. The monoisotopic (exact) mass is 449 g/mol. The zero-order valence-corrected chi connectivity index (χ0v) is 18.8. The Balaban J connectivity index is 1.92. The third kappa shape index (κ3) is 4.69. The zero-order valence-electron chi connectivity index (χ0n) is 17.2. The molecule has 2 atom stereocenters. The topological polar surface area (TPSA) is 99.9 Å². The molecule has 30 heavy (non-hydrogen) atoms. The molecule has 1 aromatic carbocycles. The van der Waals surface area contributed by atoms with E-state index in [1.807, 2.05) is 48.7 Å². The molecule has 10 heteroatoms. The van der Waals surface area contributed by atoms with E-state index in [4.69, 9.17) is 16.3 Å². The molecule has 0 radical (unpaired) electrons. The highest BCUT2D eigenvalue weighted by atomic mass is 35.5. The van der Waals surface area contributed by atoms with E-state index in [1.165, 1.54) is 19.5 Å². The maximum atomic E-state index is 13.2. The van der Waals surface area contributed by atoms with Crippen molar-refractivity contribution in [1.29, 1.82) is 0 Å². The van der Waals surface area contributed by atoms with Crippen LogP contribution in [0.25, 0.3) is 11.4 Å². The van der Waals surface area contributed by atoms with Crippen LogP contribution in [0.1, 0.15) is 44.6 Å². The summed E-state index contributed by atoms with van der Waals surface area (Å²) in [5.41, 5.74) is 0.875. The number of ether oxygens (including phenoxy) is 1. The molecule has 8 nitrogen and oxygen atoms in total. The molecule has 0 aliphatic rings. The van der Waals surface area contributed by atoms with E-state index in [-0.39, 0.29) is 17.6 Å². The van der Waals surface area contributed by atoms with Gasteiger partial charge in [-0.15, -0.1) is 10.2 Å². The highest BCUT2D eigenvalue weighted by molar-refractivity contribution is 7.91. The van der Waals surface area contributed by atoms with Crippen molar-refractivity contribution in [3.05, 3.63) is 59.4 Å². The summed E-state index contributed by atoms with van der Waals surface area (Å²) in [7, 11) is -2.24. The Kier molecular flexibility index (Phi) is 6.84. The molecule has 160 valence electrons. The van der Waals surface area contributed by atoms with E-state index in [0.29, 0.717) is 16.7 Å². The summed E-state index contributed by atoms with van der Waals surface area (Å²) in [6, 6.07) is 9.54. The van der Waals surface area contributed by atoms with Crippen LogP contribution in [0.5, 0.6) is 0 Å². The molecule has 2 heterocycles. The molecule has 0 fully saturated rings. The lowest BCUT2D eigenvalue weighted by Gasteiger charge is -2.22. The maximum absolute atomic E-state index is 13.2.